The first-order chi connectivity index (χ1) is 13.7. The minimum absolute atomic E-state index is 0.173. The highest BCUT2D eigenvalue weighted by molar-refractivity contribution is 7.89. The zero-order chi connectivity index (χ0) is 21.0. The maximum absolute atomic E-state index is 14.2. The summed E-state index contributed by atoms with van der Waals surface area (Å²) in [6.45, 7) is 3.97. The fraction of sp³-hybridized carbons (Fsp3) is 0.200. The van der Waals surface area contributed by atoms with Crippen LogP contribution >= 0.6 is 0 Å². The first-order valence-electron chi connectivity index (χ1n) is 8.92. The largest absolute Gasteiger partial charge is 0.333 e. The van der Waals surface area contributed by atoms with Crippen LogP contribution in [0.1, 0.15) is 29.8 Å². The summed E-state index contributed by atoms with van der Waals surface area (Å²) in [6.07, 6.45) is 5.23. The number of nitrogens with one attached hydrogen (secondary N) is 2. The monoisotopic (exact) mass is 416 g/mol. The van der Waals surface area contributed by atoms with Crippen LogP contribution in [0.25, 0.3) is 0 Å². The number of rotatable bonds is 7. The van der Waals surface area contributed by atoms with Crippen molar-refractivity contribution in [1.29, 1.82) is 0 Å². The lowest BCUT2D eigenvalue weighted by molar-refractivity contribution is 0.102. The van der Waals surface area contributed by atoms with Crippen LogP contribution in [0.15, 0.2) is 66.1 Å². The maximum Gasteiger partial charge on any atom is 0.258 e. The van der Waals surface area contributed by atoms with E-state index < -0.39 is 21.7 Å². The van der Waals surface area contributed by atoms with E-state index in [1.165, 1.54) is 0 Å². The summed E-state index contributed by atoms with van der Waals surface area (Å²) in [7, 11) is -3.84. The third-order valence-corrected chi connectivity index (χ3v) is 5.68. The SMILES string of the molecule is CC(C)NS(=O)(=O)c1ccc(F)c(C(=O)Nc2ccc(Cn3ccnc3)cc2)c1. The fourth-order valence-electron chi connectivity index (χ4n) is 2.71. The van der Waals surface area contributed by atoms with E-state index in [4.69, 9.17) is 0 Å². The van der Waals surface area contributed by atoms with Crippen molar-refractivity contribution in [3.05, 3.63) is 78.1 Å². The molecule has 0 unspecified atom stereocenters. The molecule has 0 saturated heterocycles. The van der Waals surface area contributed by atoms with Crippen LogP contribution in [-0.2, 0) is 16.6 Å². The lowest BCUT2D eigenvalue weighted by Gasteiger charge is -2.12. The number of carbonyl (C=O) groups excluding carboxylic acids is 1. The highest BCUT2D eigenvalue weighted by Gasteiger charge is 2.20. The zero-order valence-corrected chi connectivity index (χ0v) is 16.8. The Balaban J connectivity index is 1.75. The number of imidazole rings is 1. The van der Waals surface area contributed by atoms with Crippen LogP contribution in [0.4, 0.5) is 10.1 Å². The van der Waals surface area contributed by atoms with Gasteiger partial charge in [-0.25, -0.2) is 22.5 Å². The van der Waals surface area contributed by atoms with E-state index in [0.717, 1.165) is 23.8 Å². The number of benzene rings is 2. The van der Waals surface area contributed by atoms with E-state index in [2.05, 4.69) is 15.0 Å². The molecule has 0 fully saturated rings. The van der Waals surface area contributed by atoms with Crippen molar-refractivity contribution in [3.8, 4) is 0 Å². The van der Waals surface area contributed by atoms with Crippen LogP contribution in [0.2, 0.25) is 0 Å². The smallest absolute Gasteiger partial charge is 0.258 e. The van der Waals surface area contributed by atoms with E-state index in [0.29, 0.717) is 12.2 Å². The minimum atomic E-state index is -3.84. The molecule has 3 rings (SSSR count). The predicted molar refractivity (Wildman–Crippen MR) is 108 cm³/mol. The van der Waals surface area contributed by atoms with Gasteiger partial charge >= 0.3 is 0 Å². The topological polar surface area (TPSA) is 93.1 Å². The van der Waals surface area contributed by atoms with Crippen LogP contribution in [0, 0.1) is 5.82 Å². The molecule has 0 radical (unpaired) electrons. The van der Waals surface area contributed by atoms with Gasteiger partial charge in [-0.05, 0) is 49.7 Å². The van der Waals surface area contributed by atoms with E-state index in [1.807, 2.05) is 22.9 Å². The molecule has 0 bridgehead atoms. The van der Waals surface area contributed by atoms with Gasteiger partial charge in [0, 0.05) is 30.7 Å². The molecule has 0 saturated carbocycles. The van der Waals surface area contributed by atoms with Gasteiger partial charge in [-0.1, -0.05) is 12.1 Å². The summed E-state index contributed by atoms with van der Waals surface area (Å²) in [5, 5.41) is 2.59. The Hall–Kier alpha value is -3.04. The number of hydrogen-bond acceptors (Lipinski definition) is 4. The molecule has 2 N–H and O–H groups in total. The molecule has 1 amide bonds. The number of nitrogens with zero attached hydrogens (tertiary/aromatic N) is 2. The van der Waals surface area contributed by atoms with Gasteiger partial charge < -0.3 is 9.88 Å². The van der Waals surface area contributed by atoms with Crippen LogP contribution in [0.3, 0.4) is 0 Å². The zero-order valence-electron chi connectivity index (χ0n) is 16.0. The quantitative estimate of drug-likeness (QED) is 0.619. The summed E-state index contributed by atoms with van der Waals surface area (Å²) in [6, 6.07) is 9.86. The van der Waals surface area contributed by atoms with E-state index in [9.17, 15) is 17.6 Å². The Labute approximate surface area is 168 Å². The molecule has 1 aromatic heterocycles. The molecule has 0 spiro atoms. The molecular weight excluding hydrogens is 395 g/mol. The van der Waals surface area contributed by atoms with Gasteiger partial charge in [0.2, 0.25) is 10.0 Å². The standard InChI is InChI=1S/C20H21FN4O3S/c1-14(2)24-29(27,28)17-7-8-19(21)18(11-17)20(26)23-16-5-3-15(4-6-16)12-25-10-9-22-13-25/h3-11,13-14,24H,12H2,1-2H3,(H,23,26). The summed E-state index contributed by atoms with van der Waals surface area (Å²) in [4.78, 5) is 16.3. The summed E-state index contributed by atoms with van der Waals surface area (Å²) < 4.78 is 43.0. The van der Waals surface area contributed by atoms with Gasteiger partial charge in [-0.15, -0.1) is 0 Å². The maximum atomic E-state index is 14.2. The average Bonchev–Trinajstić information content (AvgIpc) is 3.15. The number of aromatic nitrogens is 2. The van der Waals surface area contributed by atoms with Crippen molar-refractivity contribution in [1.82, 2.24) is 14.3 Å². The van der Waals surface area contributed by atoms with Crippen molar-refractivity contribution in [2.75, 3.05) is 5.32 Å². The molecular formula is C20H21FN4O3S. The van der Waals surface area contributed by atoms with Crippen LogP contribution < -0.4 is 10.0 Å². The number of amides is 1. The van der Waals surface area contributed by atoms with Crippen molar-refractivity contribution in [2.45, 2.75) is 31.3 Å². The molecule has 3 aromatic rings. The molecule has 7 nitrogen and oxygen atoms in total. The second-order valence-corrected chi connectivity index (χ2v) is 8.52. The van der Waals surface area contributed by atoms with Crippen LogP contribution in [0.5, 0.6) is 0 Å². The number of hydrogen-bond donors (Lipinski definition) is 2. The highest BCUT2D eigenvalue weighted by Crippen LogP contribution is 2.18. The second kappa shape index (κ2) is 8.54. The van der Waals surface area contributed by atoms with Crippen molar-refractivity contribution >= 4 is 21.6 Å². The lowest BCUT2D eigenvalue weighted by Crippen LogP contribution is -2.30. The first kappa shape index (κ1) is 20.7. The Kier molecular flexibility index (Phi) is 6.09. The summed E-state index contributed by atoms with van der Waals surface area (Å²) in [5.74, 6) is -1.53. The van der Waals surface area contributed by atoms with Crippen molar-refractivity contribution in [3.63, 3.8) is 0 Å². The molecule has 0 aliphatic heterocycles. The average molecular weight is 416 g/mol. The fourth-order valence-corrected chi connectivity index (χ4v) is 3.98. The van der Waals surface area contributed by atoms with Gasteiger partial charge in [0.05, 0.1) is 16.8 Å². The predicted octanol–water partition coefficient (Wildman–Crippen LogP) is 3.01. The summed E-state index contributed by atoms with van der Waals surface area (Å²) in [5.41, 5.74) is 1.12. The molecule has 1 heterocycles. The Bertz CT molecular complexity index is 1100. The summed E-state index contributed by atoms with van der Waals surface area (Å²) >= 11 is 0. The molecule has 2 aromatic carbocycles. The molecule has 0 aliphatic rings. The number of sulfonamides is 1. The molecule has 0 atom stereocenters. The highest BCUT2D eigenvalue weighted by atomic mass is 32.2. The van der Waals surface area contributed by atoms with Crippen molar-refractivity contribution in [2.24, 2.45) is 0 Å². The first-order valence-corrected chi connectivity index (χ1v) is 10.4. The van der Waals surface area contributed by atoms with Crippen molar-refractivity contribution < 1.29 is 17.6 Å². The number of carbonyl (C=O) groups is 1. The lowest BCUT2D eigenvalue weighted by atomic mass is 10.1. The molecule has 9 heteroatoms. The van der Waals surface area contributed by atoms with E-state index in [1.54, 1.807) is 38.5 Å². The number of halogens is 1. The van der Waals surface area contributed by atoms with Gasteiger partial charge in [0.15, 0.2) is 0 Å². The Morgan fingerprint density at radius 3 is 2.52 bits per heavy atom. The Morgan fingerprint density at radius 1 is 1.17 bits per heavy atom. The molecule has 29 heavy (non-hydrogen) atoms. The van der Waals surface area contributed by atoms with Gasteiger partial charge in [0.25, 0.3) is 5.91 Å². The van der Waals surface area contributed by atoms with E-state index in [-0.39, 0.29) is 16.5 Å². The number of anilines is 1. The van der Waals surface area contributed by atoms with Gasteiger partial charge in [-0.3, -0.25) is 4.79 Å². The third kappa shape index (κ3) is 5.27. The van der Waals surface area contributed by atoms with E-state index >= 15 is 0 Å². The minimum Gasteiger partial charge on any atom is -0.333 e. The Morgan fingerprint density at radius 2 is 1.90 bits per heavy atom. The molecule has 0 aliphatic carbocycles. The normalized spacial score (nSPS) is 11.6. The second-order valence-electron chi connectivity index (χ2n) is 6.80. The van der Waals surface area contributed by atoms with Gasteiger partial charge in [-0.2, -0.15) is 0 Å². The van der Waals surface area contributed by atoms with Crippen LogP contribution in [-0.4, -0.2) is 29.9 Å². The molecule has 152 valence electrons. The van der Waals surface area contributed by atoms with Gasteiger partial charge in [0.1, 0.15) is 5.82 Å². The third-order valence-electron chi connectivity index (χ3n) is 4.02.